The number of sulfone groups is 1. The summed E-state index contributed by atoms with van der Waals surface area (Å²) in [6, 6.07) is 5.61. The number of nitrogens with one attached hydrogen (secondary N) is 1. The quantitative estimate of drug-likeness (QED) is 0.932. The summed E-state index contributed by atoms with van der Waals surface area (Å²) in [4.78, 5) is 0.496. The largest absolute Gasteiger partial charge is 0.315 e. The molecule has 2 rings (SSSR count). The van der Waals surface area contributed by atoms with Crippen LogP contribution in [-0.4, -0.2) is 26.8 Å². The minimum Gasteiger partial charge on any atom is -0.315 e. The molecule has 2 atom stereocenters. The normalized spacial score (nSPS) is 25.8. The van der Waals surface area contributed by atoms with Gasteiger partial charge in [-0.05, 0) is 50.8 Å². The fourth-order valence-electron chi connectivity index (χ4n) is 3.78. The van der Waals surface area contributed by atoms with Crippen LogP contribution in [0.4, 0.5) is 0 Å². The average Bonchev–Trinajstić information content (AvgIpc) is 2.36. The molecule has 1 aliphatic rings. The second-order valence-corrected chi connectivity index (χ2v) is 9.13. The van der Waals surface area contributed by atoms with Crippen LogP contribution in [0, 0.1) is 19.3 Å². The predicted molar refractivity (Wildman–Crippen MR) is 87.4 cm³/mol. The zero-order chi connectivity index (χ0) is 15.8. The van der Waals surface area contributed by atoms with Gasteiger partial charge in [0.1, 0.15) is 0 Å². The van der Waals surface area contributed by atoms with Crippen molar-refractivity contribution in [1.29, 1.82) is 0 Å². The zero-order valence-corrected chi connectivity index (χ0v) is 14.5. The first-order chi connectivity index (χ1) is 9.70. The molecular formula is C17H27NO2S. The van der Waals surface area contributed by atoms with Gasteiger partial charge in [-0.15, -0.1) is 0 Å². The van der Waals surface area contributed by atoms with Crippen molar-refractivity contribution in [2.24, 2.45) is 5.41 Å². The molecule has 0 spiro atoms. The summed E-state index contributed by atoms with van der Waals surface area (Å²) < 4.78 is 26.3. The molecule has 0 bridgehead atoms. The summed E-state index contributed by atoms with van der Waals surface area (Å²) in [5, 5.41) is 2.93. The second-order valence-electron chi connectivity index (χ2n) is 7.00. The van der Waals surface area contributed by atoms with Crippen molar-refractivity contribution >= 4 is 9.84 Å². The van der Waals surface area contributed by atoms with Crippen molar-refractivity contribution in [2.75, 3.05) is 7.05 Å². The van der Waals surface area contributed by atoms with E-state index in [1.165, 1.54) is 0 Å². The molecule has 1 saturated carbocycles. The Balaban J connectivity index is 2.47. The highest BCUT2D eigenvalue weighted by atomic mass is 32.2. The molecule has 0 aliphatic heterocycles. The van der Waals surface area contributed by atoms with Crippen LogP contribution < -0.4 is 5.32 Å². The van der Waals surface area contributed by atoms with Gasteiger partial charge in [0.2, 0.25) is 0 Å². The molecule has 0 aromatic heterocycles. The first-order valence-corrected chi connectivity index (χ1v) is 9.23. The van der Waals surface area contributed by atoms with E-state index in [0.29, 0.717) is 4.90 Å². The minimum atomic E-state index is -3.30. The van der Waals surface area contributed by atoms with E-state index in [0.717, 1.165) is 30.4 Å². The van der Waals surface area contributed by atoms with Crippen LogP contribution in [0.2, 0.25) is 0 Å². The Morgan fingerprint density at radius 2 is 1.90 bits per heavy atom. The van der Waals surface area contributed by atoms with Crippen molar-refractivity contribution in [3.05, 3.63) is 29.3 Å². The molecule has 0 radical (unpaired) electrons. The fourth-order valence-corrected chi connectivity index (χ4v) is 6.21. The Hall–Kier alpha value is -0.870. The monoisotopic (exact) mass is 309 g/mol. The fraction of sp³-hybridized carbons (Fsp3) is 0.647. The molecule has 2 unspecified atom stereocenters. The smallest absolute Gasteiger partial charge is 0.183 e. The highest BCUT2D eigenvalue weighted by Crippen LogP contribution is 2.40. The third kappa shape index (κ3) is 3.02. The number of rotatable bonds is 3. The van der Waals surface area contributed by atoms with E-state index >= 15 is 0 Å². The molecule has 21 heavy (non-hydrogen) atoms. The molecule has 1 aliphatic carbocycles. The van der Waals surface area contributed by atoms with Crippen LogP contribution in [-0.2, 0) is 9.84 Å². The first-order valence-electron chi connectivity index (χ1n) is 7.68. The Labute approximate surface area is 129 Å². The van der Waals surface area contributed by atoms with Gasteiger partial charge in [0.05, 0.1) is 10.1 Å². The maximum Gasteiger partial charge on any atom is 0.183 e. The second kappa shape index (κ2) is 5.73. The molecule has 1 aromatic carbocycles. The van der Waals surface area contributed by atoms with Crippen LogP contribution in [0.5, 0.6) is 0 Å². The standard InChI is InChI=1S/C17H27NO2S/c1-12-8-9-14(13(2)11-12)21(19,20)15-7-6-10-17(3,4)16(15)18-5/h8-9,11,15-16,18H,6-7,10H2,1-5H3. The van der Waals surface area contributed by atoms with E-state index in [9.17, 15) is 8.42 Å². The van der Waals surface area contributed by atoms with Crippen LogP contribution in [0.25, 0.3) is 0 Å². The van der Waals surface area contributed by atoms with Crippen molar-refractivity contribution in [1.82, 2.24) is 5.32 Å². The lowest BCUT2D eigenvalue weighted by atomic mass is 9.73. The Morgan fingerprint density at radius 3 is 2.48 bits per heavy atom. The van der Waals surface area contributed by atoms with E-state index in [-0.39, 0.29) is 16.7 Å². The van der Waals surface area contributed by atoms with Gasteiger partial charge in [-0.1, -0.05) is 38.0 Å². The van der Waals surface area contributed by atoms with E-state index in [1.54, 1.807) is 6.07 Å². The molecule has 4 heteroatoms. The predicted octanol–water partition coefficient (Wildman–Crippen LogP) is 3.24. The third-order valence-electron chi connectivity index (χ3n) is 4.87. The highest BCUT2D eigenvalue weighted by Gasteiger charge is 2.45. The summed E-state index contributed by atoms with van der Waals surface area (Å²) in [5.41, 5.74) is 1.96. The van der Waals surface area contributed by atoms with Gasteiger partial charge in [0, 0.05) is 6.04 Å². The lowest BCUT2D eigenvalue weighted by Gasteiger charge is -2.43. The molecule has 0 amide bonds. The van der Waals surface area contributed by atoms with E-state index in [2.05, 4.69) is 19.2 Å². The average molecular weight is 309 g/mol. The van der Waals surface area contributed by atoms with Gasteiger partial charge in [0.15, 0.2) is 9.84 Å². The molecule has 0 heterocycles. The van der Waals surface area contributed by atoms with E-state index in [1.807, 2.05) is 33.0 Å². The van der Waals surface area contributed by atoms with Crippen molar-refractivity contribution in [3.63, 3.8) is 0 Å². The minimum absolute atomic E-state index is 0.00282. The summed E-state index contributed by atoms with van der Waals surface area (Å²) >= 11 is 0. The lowest BCUT2D eigenvalue weighted by Crippen LogP contribution is -2.54. The summed E-state index contributed by atoms with van der Waals surface area (Å²) in [5.74, 6) is 0. The number of hydrogen-bond acceptors (Lipinski definition) is 3. The number of benzene rings is 1. The van der Waals surface area contributed by atoms with Gasteiger partial charge < -0.3 is 5.32 Å². The summed E-state index contributed by atoms with van der Waals surface area (Å²) in [7, 11) is -1.43. The summed E-state index contributed by atoms with van der Waals surface area (Å²) in [6.07, 6.45) is 2.78. The van der Waals surface area contributed by atoms with Gasteiger partial charge in [-0.3, -0.25) is 0 Å². The van der Waals surface area contributed by atoms with Crippen molar-refractivity contribution in [3.8, 4) is 0 Å². The number of aryl methyl sites for hydroxylation is 2. The van der Waals surface area contributed by atoms with E-state index < -0.39 is 9.84 Å². The van der Waals surface area contributed by atoms with Crippen LogP contribution in [0.3, 0.4) is 0 Å². The Kier molecular flexibility index (Phi) is 4.50. The molecule has 0 saturated heterocycles. The van der Waals surface area contributed by atoms with Gasteiger partial charge in [-0.2, -0.15) is 0 Å². The molecule has 118 valence electrons. The lowest BCUT2D eigenvalue weighted by molar-refractivity contribution is 0.178. The third-order valence-corrected chi connectivity index (χ3v) is 7.25. The Morgan fingerprint density at radius 1 is 1.24 bits per heavy atom. The Bertz CT molecular complexity index is 620. The summed E-state index contributed by atoms with van der Waals surface area (Å²) in [6.45, 7) is 8.21. The van der Waals surface area contributed by atoms with E-state index in [4.69, 9.17) is 0 Å². The molecule has 3 nitrogen and oxygen atoms in total. The van der Waals surface area contributed by atoms with Crippen LogP contribution in [0.15, 0.2) is 23.1 Å². The van der Waals surface area contributed by atoms with Crippen molar-refractivity contribution in [2.45, 2.75) is 63.1 Å². The van der Waals surface area contributed by atoms with Gasteiger partial charge in [0.25, 0.3) is 0 Å². The number of hydrogen-bond donors (Lipinski definition) is 1. The SMILES string of the molecule is CNC1C(S(=O)(=O)c2ccc(C)cc2C)CCCC1(C)C. The molecular weight excluding hydrogens is 282 g/mol. The maximum atomic E-state index is 13.1. The zero-order valence-electron chi connectivity index (χ0n) is 13.7. The van der Waals surface area contributed by atoms with Crippen molar-refractivity contribution < 1.29 is 8.42 Å². The van der Waals surface area contributed by atoms with Crippen LogP contribution in [0.1, 0.15) is 44.2 Å². The van der Waals surface area contributed by atoms with Crippen LogP contribution >= 0.6 is 0 Å². The molecule has 1 fully saturated rings. The van der Waals surface area contributed by atoms with Gasteiger partial charge >= 0.3 is 0 Å². The highest BCUT2D eigenvalue weighted by molar-refractivity contribution is 7.92. The topological polar surface area (TPSA) is 46.2 Å². The molecule has 1 N–H and O–H groups in total. The van der Waals surface area contributed by atoms with Gasteiger partial charge in [-0.25, -0.2) is 8.42 Å². The molecule has 1 aromatic rings. The first kappa shape index (κ1) is 16.5. The maximum absolute atomic E-state index is 13.1.